The van der Waals surface area contributed by atoms with Crippen LogP contribution in [0.5, 0.6) is 0 Å². The highest BCUT2D eigenvalue weighted by Gasteiger charge is 2.19. The minimum atomic E-state index is -0.192. The second-order valence-corrected chi connectivity index (χ2v) is 4.79. The lowest BCUT2D eigenvalue weighted by Crippen LogP contribution is -2.22. The van der Waals surface area contributed by atoms with Gasteiger partial charge in [-0.25, -0.2) is 0 Å². The number of anilines is 1. The van der Waals surface area contributed by atoms with Gasteiger partial charge in [0.1, 0.15) is 11.5 Å². The fourth-order valence-electron chi connectivity index (χ4n) is 2.21. The van der Waals surface area contributed by atoms with Crippen LogP contribution < -0.4 is 10.6 Å². The van der Waals surface area contributed by atoms with E-state index in [-0.39, 0.29) is 11.8 Å². The molecule has 102 valence electrons. The number of furan rings is 1. The van der Waals surface area contributed by atoms with Crippen LogP contribution in [-0.2, 0) is 17.8 Å². The highest BCUT2D eigenvalue weighted by atomic mass is 16.3. The molecular weight excluding hydrogens is 256 g/mol. The number of hydrogen-bond acceptors (Lipinski definition) is 3. The van der Waals surface area contributed by atoms with Gasteiger partial charge in [-0.3, -0.25) is 9.59 Å². The number of aryl methyl sites for hydroxylation is 1. The van der Waals surface area contributed by atoms with Gasteiger partial charge in [0.15, 0.2) is 0 Å². The van der Waals surface area contributed by atoms with Gasteiger partial charge in [0.25, 0.3) is 5.91 Å². The topological polar surface area (TPSA) is 71.3 Å². The average molecular weight is 270 g/mol. The monoisotopic (exact) mass is 270 g/mol. The molecule has 5 heteroatoms. The van der Waals surface area contributed by atoms with Crippen molar-refractivity contribution in [2.75, 3.05) is 5.32 Å². The van der Waals surface area contributed by atoms with E-state index in [1.807, 2.05) is 19.1 Å². The summed E-state index contributed by atoms with van der Waals surface area (Å²) in [6, 6.07) is 8.91. The Labute approximate surface area is 116 Å². The molecule has 0 fully saturated rings. The van der Waals surface area contributed by atoms with Crippen LogP contribution in [0.25, 0.3) is 0 Å². The molecule has 0 bridgehead atoms. The second kappa shape index (κ2) is 4.85. The lowest BCUT2D eigenvalue weighted by atomic mass is 10.1. The van der Waals surface area contributed by atoms with Crippen molar-refractivity contribution in [3.63, 3.8) is 0 Å². The van der Waals surface area contributed by atoms with Crippen molar-refractivity contribution in [1.29, 1.82) is 0 Å². The highest BCUT2D eigenvalue weighted by molar-refractivity contribution is 6.02. The molecule has 0 saturated carbocycles. The zero-order valence-corrected chi connectivity index (χ0v) is 11.0. The third-order valence-corrected chi connectivity index (χ3v) is 3.22. The standard InChI is InChI=1S/C15H14N2O3/c1-9-2-5-12(20-9)8-16-15(19)11-4-3-10-7-14(18)17-13(10)6-11/h2-6H,7-8H2,1H3,(H,16,19)(H,17,18). The van der Waals surface area contributed by atoms with E-state index in [0.717, 1.165) is 17.0 Å². The number of rotatable bonds is 3. The van der Waals surface area contributed by atoms with Gasteiger partial charge in [-0.15, -0.1) is 0 Å². The summed E-state index contributed by atoms with van der Waals surface area (Å²) < 4.78 is 5.39. The molecule has 1 aliphatic rings. The molecule has 0 saturated heterocycles. The molecule has 1 aromatic carbocycles. The third-order valence-electron chi connectivity index (χ3n) is 3.22. The van der Waals surface area contributed by atoms with Crippen LogP contribution in [0.4, 0.5) is 5.69 Å². The van der Waals surface area contributed by atoms with Crippen molar-refractivity contribution >= 4 is 17.5 Å². The number of carbonyl (C=O) groups excluding carboxylic acids is 2. The van der Waals surface area contributed by atoms with Gasteiger partial charge in [0.2, 0.25) is 5.91 Å². The van der Waals surface area contributed by atoms with Crippen molar-refractivity contribution in [3.05, 3.63) is 53.0 Å². The summed E-state index contributed by atoms with van der Waals surface area (Å²) in [7, 11) is 0. The third kappa shape index (κ3) is 2.42. The molecule has 5 nitrogen and oxygen atoms in total. The minimum absolute atomic E-state index is 0.0383. The molecule has 3 rings (SSSR count). The Hall–Kier alpha value is -2.56. The molecular formula is C15H14N2O3. The summed E-state index contributed by atoms with van der Waals surface area (Å²) in [6.07, 6.45) is 0.378. The van der Waals surface area contributed by atoms with E-state index in [1.165, 1.54) is 0 Å². The summed E-state index contributed by atoms with van der Waals surface area (Å²) in [5, 5.41) is 5.52. The summed E-state index contributed by atoms with van der Waals surface area (Å²) in [5.41, 5.74) is 2.17. The van der Waals surface area contributed by atoms with Crippen LogP contribution in [-0.4, -0.2) is 11.8 Å². The first-order chi connectivity index (χ1) is 9.61. The van der Waals surface area contributed by atoms with Crippen molar-refractivity contribution in [2.45, 2.75) is 19.9 Å². The van der Waals surface area contributed by atoms with E-state index < -0.39 is 0 Å². The van der Waals surface area contributed by atoms with Gasteiger partial charge in [-0.1, -0.05) is 6.07 Å². The largest absolute Gasteiger partial charge is 0.465 e. The van der Waals surface area contributed by atoms with Crippen molar-refractivity contribution in [2.24, 2.45) is 0 Å². The zero-order chi connectivity index (χ0) is 14.1. The van der Waals surface area contributed by atoms with E-state index in [1.54, 1.807) is 18.2 Å². The summed E-state index contributed by atoms with van der Waals surface area (Å²) >= 11 is 0. The molecule has 2 aromatic rings. The first kappa shape index (κ1) is 12.5. The smallest absolute Gasteiger partial charge is 0.251 e. The number of fused-ring (bicyclic) bond motifs is 1. The Morgan fingerprint density at radius 1 is 1.35 bits per heavy atom. The van der Waals surface area contributed by atoms with Gasteiger partial charge in [-0.2, -0.15) is 0 Å². The van der Waals surface area contributed by atoms with Crippen molar-refractivity contribution in [1.82, 2.24) is 5.32 Å². The normalized spacial score (nSPS) is 12.9. The van der Waals surface area contributed by atoms with Crippen LogP contribution in [0.3, 0.4) is 0 Å². The van der Waals surface area contributed by atoms with Crippen LogP contribution in [0, 0.1) is 6.92 Å². The minimum Gasteiger partial charge on any atom is -0.465 e. The van der Waals surface area contributed by atoms with Crippen molar-refractivity contribution in [3.8, 4) is 0 Å². The molecule has 0 spiro atoms. The summed E-state index contributed by atoms with van der Waals surface area (Å²) in [4.78, 5) is 23.3. The molecule has 0 unspecified atom stereocenters. The Kier molecular flexibility index (Phi) is 3.02. The molecule has 20 heavy (non-hydrogen) atoms. The molecule has 2 amide bonds. The van der Waals surface area contributed by atoms with Crippen LogP contribution in [0.1, 0.15) is 27.4 Å². The van der Waals surface area contributed by atoms with Gasteiger partial charge < -0.3 is 15.1 Å². The molecule has 0 radical (unpaired) electrons. The predicted molar refractivity (Wildman–Crippen MR) is 73.4 cm³/mol. The van der Waals surface area contributed by atoms with E-state index in [2.05, 4.69) is 10.6 Å². The number of hydrogen-bond donors (Lipinski definition) is 2. The molecule has 2 heterocycles. The average Bonchev–Trinajstić information content (AvgIpc) is 2.99. The van der Waals surface area contributed by atoms with E-state index >= 15 is 0 Å². The maximum Gasteiger partial charge on any atom is 0.251 e. The highest BCUT2D eigenvalue weighted by Crippen LogP contribution is 2.23. The van der Waals surface area contributed by atoms with Gasteiger partial charge in [-0.05, 0) is 36.8 Å². The van der Waals surface area contributed by atoms with Gasteiger partial charge in [0, 0.05) is 11.3 Å². The summed E-state index contributed by atoms with van der Waals surface area (Å²) in [6.45, 7) is 2.20. The second-order valence-electron chi connectivity index (χ2n) is 4.79. The Morgan fingerprint density at radius 2 is 2.20 bits per heavy atom. The molecule has 0 aliphatic carbocycles. The maximum atomic E-state index is 12.0. The molecule has 1 aromatic heterocycles. The maximum absolute atomic E-state index is 12.0. The first-order valence-corrected chi connectivity index (χ1v) is 6.38. The number of nitrogens with one attached hydrogen (secondary N) is 2. The fourth-order valence-corrected chi connectivity index (χ4v) is 2.21. The quantitative estimate of drug-likeness (QED) is 0.896. The lowest BCUT2D eigenvalue weighted by molar-refractivity contribution is -0.115. The molecule has 0 atom stereocenters. The van der Waals surface area contributed by atoms with Crippen LogP contribution in [0.15, 0.2) is 34.7 Å². The number of benzene rings is 1. The van der Waals surface area contributed by atoms with Gasteiger partial charge in [0.05, 0.1) is 13.0 Å². The zero-order valence-electron chi connectivity index (χ0n) is 11.0. The Morgan fingerprint density at radius 3 is 2.95 bits per heavy atom. The lowest BCUT2D eigenvalue weighted by Gasteiger charge is -2.05. The van der Waals surface area contributed by atoms with Crippen LogP contribution in [0.2, 0.25) is 0 Å². The first-order valence-electron chi connectivity index (χ1n) is 6.38. The fraction of sp³-hybridized carbons (Fsp3) is 0.200. The van der Waals surface area contributed by atoms with E-state index in [0.29, 0.717) is 24.3 Å². The van der Waals surface area contributed by atoms with E-state index in [9.17, 15) is 9.59 Å². The molecule has 2 N–H and O–H groups in total. The van der Waals surface area contributed by atoms with Gasteiger partial charge >= 0.3 is 0 Å². The SMILES string of the molecule is Cc1ccc(CNC(=O)c2ccc3c(c2)NC(=O)C3)o1. The van der Waals surface area contributed by atoms with E-state index in [4.69, 9.17) is 4.42 Å². The Balaban J connectivity index is 1.69. The summed E-state index contributed by atoms with van der Waals surface area (Å²) in [5.74, 6) is 1.30. The Bertz CT molecular complexity index is 688. The molecule has 1 aliphatic heterocycles. The van der Waals surface area contributed by atoms with Crippen LogP contribution >= 0.6 is 0 Å². The number of carbonyl (C=O) groups is 2. The predicted octanol–water partition coefficient (Wildman–Crippen LogP) is 2.01. The number of amides is 2. The van der Waals surface area contributed by atoms with Crippen molar-refractivity contribution < 1.29 is 14.0 Å².